The molecule has 0 spiro atoms. The predicted molar refractivity (Wildman–Crippen MR) is 110 cm³/mol. The van der Waals surface area contributed by atoms with E-state index in [1.165, 1.54) is 90.5 Å². The zero-order valence-electron chi connectivity index (χ0n) is 16.5. The molecule has 142 valence electrons. The van der Waals surface area contributed by atoms with Crippen molar-refractivity contribution in [1.29, 1.82) is 0 Å². The van der Waals surface area contributed by atoms with Gasteiger partial charge in [0.1, 0.15) is 0 Å². The minimum Gasteiger partial charge on any atom is -0.333 e. The minimum atomic E-state index is 0.866. The first-order valence-electron chi connectivity index (χ1n) is 9.65. The zero-order chi connectivity index (χ0) is 18.2. The van der Waals surface area contributed by atoms with Gasteiger partial charge in [-0.3, -0.25) is 0 Å². The molecule has 1 atom stereocenters. The average molecular weight is 349 g/mol. The van der Waals surface area contributed by atoms with E-state index in [1.54, 1.807) is 0 Å². The van der Waals surface area contributed by atoms with E-state index < -0.39 is 0 Å². The van der Waals surface area contributed by atoms with E-state index in [9.17, 15) is 0 Å². The zero-order valence-corrected chi connectivity index (χ0v) is 17.2. The van der Waals surface area contributed by atoms with Gasteiger partial charge >= 0.3 is 0 Å². The van der Waals surface area contributed by atoms with E-state index in [0.29, 0.717) is 0 Å². The van der Waals surface area contributed by atoms with Gasteiger partial charge in [0.25, 0.3) is 0 Å². The lowest BCUT2D eigenvalue weighted by molar-refractivity contribution is 0.423. The van der Waals surface area contributed by atoms with Crippen LogP contribution in [0.1, 0.15) is 90.9 Å². The van der Waals surface area contributed by atoms with Crippen molar-refractivity contribution in [2.45, 2.75) is 90.9 Å². The van der Waals surface area contributed by atoms with Crippen LogP contribution in [0.25, 0.3) is 0 Å². The Labute approximate surface area is 152 Å². The molecule has 0 fully saturated rings. The molecule has 4 N–H and O–H groups in total. The van der Waals surface area contributed by atoms with Crippen LogP contribution in [0.2, 0.25) is 0 Å². The highest BCUT2D eigenvalue weighted by molar-refractivity contribution is 6.15. The SMILES string of the molecule is CCCCCCC.CCl.CN.NCCCCCC1CC=CCC1. The Hall–Kier alpha value is -0.0500. The van der Waals surface area contributed by atoms with Crippen LogP contribution in [0.15, 0.2) is 12.2 Å². The van der Waals surface area contributed by atoms with Crippen LogP contribution in [0.3, 0.4) is 0 Å². The van der Waals surface area contributed by atoms with Gasteiger partial charge in [0.2, 0.25) is 0 Å². The highest BCUT2D eigenvalue weighted by Crippen LogP contribution is 2.23. The number of unbranched alkanes of at least 4 members (excludes halogenated alkanes) is 6. The van der Waals surface area contributed by atoms with Crippen molar-refractivity contribution in [1.82, 2.24) is 0 Å². The molecular formula is C20H45ClN2. The third kappa shape index (κ3) is 27.1. The summed E-state index contributed by atoms with van der Waals surface area (Å²) in [5.74, 6) is 0.979. The molecule has 1 unspecified atom stereocenters. The molecule has 0 heterocycles. The smallest absolute Gasteiger partial charge is 0.0108 e. The Bertz CT molecular complexity index is 192. The second-order valence-electron chi connectivity index (χ2n) is 5.85. The molecule has 0 aromatic heterocycles. The number of allylic oxidation sites excluding steroid dienone is 2. The lowest BCUT2D eigenvalue weighted by atomic mass is 9.89. The van der Waals surface area contributed by atoms with Gasteiger partial charge < -0.3 is 11.5 Å². The molecule has 0 saturated heterocycles. The van der Waals surface area contributed by atoms with Gasteiger partial charge in [-0.2, -0.15) is 0 Å². The topological polar surface area (TPSA) is 52.0 Å². The van der Waals surface area contributed by atoms with E-state index in [0.717, 1.165) is 12.5 Å². The van der Waals surface area contributed by atoms with Crippen LogP contribution < -0.4 is 11.5 Å². The largest absolute Gasteiger partial charge is 0.333 e. The summed E-state index contributed by atoms with van der Waals surface area (Å²) in [4.78, 5) is 0. The van der Waals surface area contributed by atoms with Crippen molar-refractivity contribution in [3.05, 3.63) is 12.2 Å². The highest BCUT2D eigenvalue weighted by atomic mass is 35.5. The van der Waals surface area contributed by atoms with E-state index >= 15 is 0 Å². The maximum Gasteiger partial charge on any atom is 0.0108 e. The van der Waals surface area contributed by atoms with Crippen molar-refractivity contribution in [3.8, 4) is 0 Å². The van der Waals surface area contributed by atoms with Gasteiger partial charge in [-0.1, -0.05) is 77.4 Å². The Morgan fingerprint density at radius 1 is 0.870 bits per heavy atom. The first-order valence-corrected chi connectivity index (χ1v) is 10.4. The van der Waals surface area contributed by atoms with Crippen molar-refractivity contribution in [3.63, 3.8) is 0 Å². The molecule has 23 heavy (non-hydrogen) atoms. The molecule has 1 rings (SSSR count). The molecule has 1 aliphatic rings. The molecule has 0 amide bonds. The fourth-order valence-corrected chi connectivity index (χ4v) is 2.55. The number of halogens is 1. The summed E-state index contributed by atoms with van der Waals surface area (Å²) in [5, 5.41) is 0. The van der Waals surface area contributed by atoms with E-state index in [-0.39, 0.29) is 0 Å². The van der Waals surface area contributed by atoms with Crippen LogP contribution in [0, 0.1) is 5.92 Å². The molecule has 0 aromatic carbocycles. The second-order valence-corrected chi connectivity index (χ2v) is 5.85. The van der Waals surface area contributed by atoms with Crippen molar-refractivity contribution >= 4 is 11.6 Å². The predicted octanol–water partition coefficient (Wildman–Crippen LogP) is 6.27. The van der Waals surface area contributed by atoms with Crippen LogP contribution in [-0.2, 0) is 0 Å². The summed E-state index contributed by atoms with van der Waals surface area (Å²) < 4.78 is 0. The van der Waals surface area contributed by atoms with Crippen LogP contribution in [0.5, 0.6) is 0 Å². The first kappa shape index (κ1) is 27.8. The lowest BCUT2D eigenvalue weighted by Gasteiger charge is -2.16. The van der Waals surface area contributed by atoms with Crippen molar-refractivity contribution in [2.24, 2.45) is 17.4 Å². The molecule has 0 aromatic rings. The van der Waals surface area contributed by atoms with E-state index in [4.69, 9.17) is 5.73 Å². The molecule has 1 aliphatic carbocycles. The highest BCUT2D eigenvalue weighted by Gasteiger charge is 2.08. The number of hydrogen-bond acceptors (Lipinski definition) is 2. The monoisotopic (exact) mass is 348 g/mol. The summed E-state index contributed by atoms with van der Waals surface area (Å²) in [6, 6.07) is 0. The van der Waals surface area contributed by atoms with Gasteiger partial charge in [-0.25, -0.2) is 0 Å². The van der Waals surface area contributed by atoms with Crippen molar-refractivity contribution < 1.29 is 0 Å². The van der Waals surface area contributed by atoms with Crippen LogP contribution >= 0.6 is 11.6 Å². The Morgan fingerprint density at radius 2 is 1.43 bits per heavy atom. The number of alkyl halides is 1. The third-order valence-electron chi connectivity index (χ3n) is 3.90. The maximum absolute atomic E-state index is 5.44. The molecule has 0 aliphatic heterocycles. The summed E-state index contributed by atoms with van der Waals surface area (Å²) in [5.41, 5.74) is 9.94. The molecule has 0 bridgehead atoms. The van der Waals surface area contributed by atoms with Crippen LogP contribution in [0.4, 0.5) is 0 Å². The van der Waals surface area contributed by atoms with Crippen LogP contribution in [-0.4, -0.2) is 20.0 Å². The first-order chi connectivity index (χ1) is 11.3. The van der Waals surface area contributed by atoms with Gasteiger partial charge in [-0.15, -0.1) is 11.6 Å². The maximum atomic E-state index is 5.44. The third-order valence-corrected chi connectivity index (χ3v) is 3.90. The number of rotatable bonds is 9. The lowest BCUT2D eigenvalue weighted by Crippen LogP contribution is -2.03. The molecule has 2 nitrogen and oxygen atoms in total. The Kier molecular flexibility index (Phi) is 36.1. The fourth-order valence-electron chi connectivity index (χ4n) is 2.55. The Morgan fingerprint density at radius 3 is 1.87 bits per heavy atom. The van der Waals surface area contributed by atoms with E-state index in [1.807, 2.05) is 0 Å². The summed E-state index contributed by atoms with van der Waals surface area (Å²) in [7, 11) is 1.50. The van der Waals surface area contributed by atoms with Gasteiger partial charge in [0, 0.05) is 6.38 Å². The van der Waals surface area contributed by atoms with Gasteiger partial charge in [0.15, 0.2) is 0 Å². The standard InChI is InChI=1S/C11H21N.C7H16.CH3Cl.CH5N/c12-10-6-2-5-9-11-7-3-1-4-8-11;1-3-5-7-6-4-2;2*1-2/h1,3,11H,2,4-10,12H2;3-7H2,1-2H3;1H3;2H2,1H3. The minimum absolute atomic E-state index is 0.866. The Balaban J connectivity index is -0.000000312. The number of hydrogen-bond donors (Lipinski definition) is 2. The summed E-state index contributed by atoms with van der Waals surface area (Å²) in [6.45, 7) is 5.36. The van der Waals surface area contributed by atoms with Gasteiger partial charge in [-0.05, 0) is 45.2 Å². The average Bonchev–Trinajstić information content (AvgIpc) is 2.64. The second kappa shape index (κ2) is 29.9. The molecule has 0 saturated carbocycles. The quantitative estimate of drug-likeness (QED) is 0.293. The molecule has 0 radical (unpaired) electrons. The van der Waals surface area contributed by atoms with Gasteiger partial charge in [0.05, 0.1) is 0 Å². The summed E-state index contributed by atoms with van der Waals surface area (Å²) in [6.07, 6.45) is 22.5. The molecular weight excluding hydrogens is 304 g/mol. The molecule has 3 heteroatoms. The number of nitrogens with two attached hydrogens (primary N) is 2. The normalized spacial score (nSPS) is 15.3. The van der Waals surface area contributed by atoms with Crippen molar-refractivity contribution in [2.75, 3.05) is 20.0 Å². The van der Waals surface area contributed by atoms with E-state index in [2.05, 4.69) is 43.3 Å². The summed E-state index contributed by atoms with van der Waals surface area (Å²) >= 11 is 4.64. The fraction of sp³-hybridized carbons (Fsp3) is 0.900.